The number of carbonyl (C=O) groups is 1. The Bertz CT molecular complexity index is 505. The third kappa shape index (κ3) is 2.57. The molecule has 1 aromatic carbocycles. The number of nitrogens with one attached hydrogen (secondary N) is 1. The predicted octanol–water partition coefficient (Wildman–Crippen LogP) is 2.67. The fraction of sp³-hybridized carbons (Fsp3) is 0.267. The molecule has 0 fully saturated rings. The van der Waals surface area contributed by atoms with Crippen LogP contribution in [-0.2, 0) is 4.79 Å². The van der Waals surface area contributed by atoms with Crippen LogP contribution in [0.5, 0.6) is 0 Å². The van der Waals surface area contributed by atoms with Gasteiger partial charge in [-0.25, -0.2) is 0 Å². The smallest absolute Gasteiger partial charge is 0.232 e. The van der Waals surface area contributed by atoms with E-state index in [4.69, 9.17) is 0 Å². The normalized spacial score (nSPS) is 16.4. The minimum absolute atomic E-state index is 0.0600. The van der Waals surface area contributed by atoms with Gasteiger partial charge in [-0.1, -0.05) is 37.1 Å². The number of carbonyl (C=O) groups excluding carboxylic acids is 1. The second-order valence-corrected chi connectivity index (χ2v) is 3.98. The van der Waals surface area contributed by atoms with Gasteiger partial charge in [0, 0.05) is 6.42 Å². The molecule has 0 amide bonds. The van der Waals surface area contributed by atoms with E-state index in [0.29, 0.717) is 0 Å². The fourth-order valence-corrected chi connectivity index (χ4v) is 1.81. The van der Waals surface area contributed by atoms with Crippen molar-refractivity contribution in [3.8, 4) is 11.8 Å². The van der Waals surface area contributed by atoms with Crippen molar-refractivity contribution in [2.45, 2.75) is 25.8 Å². The quantitative estimate of drug-likeness (QED) is 0.619. The van der Waals surface area contributed by atoms with Crippen molar-refractivity contribution >= 4 is 11.9 Å². The summed E-state index contributed by atoms with van der Waals surface area (Å²) in [5.41, 5.74) is 2.09. The minimum atomic E-state index is -0.319. The number of fused-ring (bicyclic) bond motifs is 1. The summed E-state index contributed by atoms with van der Waals surface area (Å²) in [6, 6.07) is 7.57. The van der Waals surface area contributed by atoms with Crippen molar-refractivity contribution in [1.82, 2.24) is 5.32 Å². The van der Waals surface area contributed by atoms with Gasteiger partial charge >= 0.3 is 0 Å². The molecule has 1 unspecified atom stereocenters. The lowest BCUT2D eigenvalue weighted by molar-refractivity contribution is -0.115. The molecule has 1 heterocycles. The number of unbranched alkanes of at least 4 members (excludes halogenated alkanes) is 1. The van der Waals surface area contributed by atoms with Crippen molar-refractivity contribution in [1.29, 1.82) is 0 Å². The Hall–Kier alpha value is -2.01. The molecular formula is C15H15NO. The summed E-state index contributed by atoms with van der Waals surface area (Å²) in [6.45, 7) is 2.05. The molecule has 0 aliphatic carbocycles. The maximum Gasteiger partial charge on any atom is 0.232 e. The summed E-state index contributed by atoms with van der Waals surface area (Å²) in [4.78, 5) is 12.0. The number of benzene rings is 1. The Morgan fingerprint density at radius 2 is 2.24 bits per heavy atom. The average molecular weight is 225 g/mol. The molecule has 2 rings (SSSR count). The second-order valence-electron chi connectivity index (χ2n) is 3.98. The molecule has 0 saturated carbocycles. The predicted molar refractivity (Wildman–Crippen MR) is 69.0 cm³/mol. The van der Waals surface area contributed by atoms with Crippen LogP contribution in [0.25, 0.3) is 6.08 Å². The third-order valence-corrected chi connectivity index (χ3v) is 2.68. The highest BCUT2D eigenvalue weighted by molar-refractivity contribution is 6.01. The topological polar surface area (TPSA) is 29.1 Å². The maximum absolute atomic E-state index is 12.0. The first kappa shape index (κ1) is 11.5. The zero-order valence-electron chi connectivity index (χ0n) is 9.86. The van der Waals surface area contributed by atoms with Gasteiger partial charge in [0.2, 0.25) is 5.78 Å². The standard InChI is InChI=1S/C15H15NO/c1-2-3-4-9-14(17)15-13-8-6-5-7-12(13)10-11-16-15/h5-8,10-11,15-16H,2-3H2,1H3. The maximum atomic E-state index is 12.0. The second kappa shape index (κ2) is 5.36. The Labute approximate surface area is 102 Å². The van der Waals surface area contributed by atoms with E-state index in [1.807, 2.05) is 36.5 Å². The van der Waals surface area contributed by atoms with Crippen LogP contribution >= 0.6 is 0 Å². The summed E-state index contributed by atoms with van der Waals surface area (Å²) in [7, 11) is 0. The van der Waals surface area contributed by atoms with Crippen LogP contribution in [0, 0.1) is 11.8 Å². The van der Waals surface area contributed by atoms with Gasteiger partial charge in [-0.15, -0.1) is 0 Å². The van der Waals surface area contributed by atoms with E-state index in [0.717, 1.165) is 24.0 Å². The zero-order chi connectivity index (χ0) is 12.1. The summed E-state index contributed by atoms with van der Waals surface area (Å²) in [5.74, 6) is 5.55. The highest BCUT2D eigenvalue weighted by atomic mass is 16.1. The summed E-state index contributed by atoms with van der Waals surface area (Å²) >= 11 is 0. The SMILES string of the molecule is CCCC#CC(=O)C1NC=Cc2ccccc21. The Morgan fingerprint density at radius 1 is 1.41 bits per heavy atom. The lowest BCUT2D eigenvalue weighted by Gasteiger charge is -2.20. The molecular weight excluding hydrogens is 210 g/mol. The van der Waals surface area contributed by atoms with Gasteiger partial charge in [0.15, 0.2) is 0 Å². The van der Waals surface area contributed by atoms with E-state index in [-0.39, 0.29) is 11.8 Å². The molecule has 17 heavy (non-hydrogen) atoms. The van der Waals surface area contributed by atoms with Gasteiger partial charge in [-0.2, -0.15) is 0 Å². The molecule has 1 aliphatic rings. The largest absolute Gasteiger partial charge is 0.377 e. The van der Waals surface area contributed by atoms with Crippen LogP contribution in [-0.4, -0.2) is 5.78 Å². The van der Waals surface area contributed by atoms with E-state index in [1.54, 1.807) is 0 Å². The summed E-state index contributed by atoms with van der Waals surface area (Å²) in [6.07, 6.45) is 5.54. The molecule has 0 saturated heterocycles. The van der Waals surface area contributed by atoms with Gasteiger partial charge < -0.3 is 5.32 Å². The molecule has 1 aromatic rings. The number of rotatable bonds is 2. The lowest BCUT2D eigenvalue weighted by atomic mass is 9.95. The van der Waals surface area contributed by atoms with Gasteiger partial charge in [-0.3, -0.25) is 4.79 Å². The number of hydrogen-bond acceptors (Lipinski definition) is 2. The first-order chi connectivity index (χ1) is 8.33. The fourth-order valence-electron chi connectivity index (χ4n) is 1.81. The molecule has 2 nitrogen and oxygen atoms in total. The van der Waals surface area contributed by atoms with Crippen molar-refractivity contribution in [2.24, 2.45) is 0 Å². The number of ketones is 1. The monoisotopic (exact) mass is 225 g/mol. The molecule has 1 N–H and O–H groups in total. The minimum Gasteiger partial charge on any atom is -0.377 e. The third-order valence-electron chi connectivity index (χ3n) is 2.68. The number of Topliss-reactive ketones (excluding diaryl/α,β-unsaturated/α-hetero) is 1. The molecule has 1 atom stereocenters. The molecule has 0 radical (unpaired) electrons. The highest BCUT2D eigenvalue weighted by Gasteiger charge is 2.21. The van der Waals surface area contributed by atoms with E-state index >= 15 is 0 Å². The molecule has 0 spiro atoms. The van der Waals surface area contributed by atoms with Crippen molar-refractivity contribution < 1.29 is 4.79 Å². The van der Waals surface area contributed by atoms with E-state index in [2.05, 4.69) is 24.1 Å². The summed E-state index contributed by atoms with van der Waals surface area (Å²) in [5, 5.41) is 3.07. The average Bonchev–Trinajstić information content (AvgIpc) is 2.38. The Balaban J connectivity index is 2.22. The van der Waals surface area contributed by atoms with Crippen LogP contribution in [0.3, 0.4) is 0 Å². The summed E-state index contributed by atoms with van der Waals surface area (Å²) < 4.78 is 0. The Morgan fingerprint density at radius 3 is 3.06 bits per heavy atom. The number of hydrogen-bond donors (Lipinski definition) is 1. The van der Waals surface area contributed by atoms with Crippen LogP contribution in [0.15, 0.2) is 30.5 Å². The van der Waals surface area contributed by atoms with Gasteiger partial charge in [-0.05, 0) is 35.7 Å². The van der Waals surface area contributed by atoms with Crippen molar-refractivity contribution in [3.63, 3.8) is 0 Å². The Kier molecular flexibility index (Phi) is 3.62. The van der Waals surface area contributed by atoms with Crippen LogP contribution in [0.4, 0.5) is 0 Å². The molecule has 0 aromatic heterocycles. The van der Waals surface area contributed by atoms with Gasteiger partial charge in [0.1, 0.15) is 6.04 Å². The molecule has 86 valence electrons. The van der Waals surface area contributed by atoms with Gasteiger partial charge in [0.25, 0.3) is 0 Å². The van der Waals surface area contributed by atoms with Crippen LogP contribution in [0.1, 0.15) is 36.9 Å². The zero-order valence-corrected chi connectivity index (χ0v) is 9.86. The van der Waals surface area contributed by atoms with Crippen LogP contribution in [0.2, 0.25) is 0 Å². The molecule has 1 aliphatic heterocycles. The van der Waals surface area contributed by atoms with Crippen LogP contribution < -0.4 is 5.32 Å². The van der Waals surface area contributed by atoms with E-state index in [1.165, 1.54) is 0 Å². The van der Waals surface area contributed by atoms with E-state index in [9.17, 15) is 4.79 Å². The lowest BCUT2D eigenvalue weighted by Crippen LogP contribution is -2.26. The highest BCUT2D eigenvalue weighted by Crippen LogP contribution is 2.23. The first-order valence-electron chi connectivity index (χ1n) is 5.87. The molecule has 0 bridgehead atoms. The van der Waals surface area contributed by atoms with E-state index < -0.39 is 0 Å². The van der Waals surface area contributed by atoms with Crippen molar-refractivity contribution in [2.75, 3.05) is 0 Å². The van der Waals surface area contributed by atoms with Crippen molar-refractivity contribution in [3.05, 3.63) is 41.6 Å². The van der Waals surface area contributed by atoms with Gasteiger partial charge in [0.05, 0.1) is 0 Å². The first-order valence-corrected chi connectivity index (χ1v) is 5.87. The molecule has 2 heteroatoms.